The lowest BCUT2D eigenvalue weighted by Crippen LogP contribution is -2.45. The quantitative estimate of drug-likeness (QED) is 0.713. The van der Waals surface area contributed by atoms with E-state index in [0.29, 0.717) is 6.42 Å². The Morgan fingerprint density at radius 3 is 2.52 bits per heavy atom. The maximum Gasteiger partial charge on any atom is 0.306 e. The van der Waals surface area contributed by atoms with E-state index in [1.54, 1.807) is 6.92 Å². The molecule has 2 amide bonds. The molecule has 0 aromatic heterocycles. The van der Waals surface area contributed by atoms with Crippen molar-refractivity contribution in [3.63, 3.8) is 0 Å². The second kappa shape index (κ2) is 8.82. The molecule has 25 heavy (non-hydrogen) atoms. The van der Waals surface area contributed by atoms with Crippen molar-refractivity contribution in [1.29, 1.82) is 0 Å². The SMILES string of the molecule is CCOC(=O)CCC(=O)N[C@@H](Cc1cccc2ccccc12)C(N)=O. The van der Waals surface area contributed by atoms with E-state index in [2.05, 4.69) is 5.32 Å². The van der Waals surface area contributed by atoms with E-state index in [1.165, 1.54) is 0 Å². The van der Waals surface area contributed by atoms with Gasteiger partial charge >= 0.3 is 5.97 Å². The average Bonchev–Trinajstić information content (AvgIpc) is 2.60. The van der Waals surface area contributed by atoms with Gasteiger partial charge in [0, 0.05) is 12.8 Å². The van der Waals surface area contributed by atoms with Crippen molar-refractivity contribution in [3.8, 4) is 0 Å². The molecule has 132 valence electrons. The molecule has 0 aliphatic rings. The summed E-state index contributed by atoms with van der Waals surface area (Å²) in [7, 11) is 0. The molecule has 1 atom stereocenters. The number of amides is 2. The van der Waals surface area contributed by atoms with Crippen LogP contribution in [-0.4, -0.2) is 30.4 Å². The number of carbonyl (C=O) groups is 3. The highest BCUT2D eigenvalue weighted by atomic mass is 16.5. The smallest absolute Gasteiger partial charge is 0.306 e. The normalized spacial score (nSPS) is 11.7. The average molecular weight is 342 g/mol. The van der Waals surface area contributed by atoms with Crippen LogP contribution >= 0.6 is 0 Å². The molecule has 0 aliphatic carbocycles. The molecule has 6 heteroatoms. The van der Waals surface area contributed by atoms with Gasteiger partial charge in [-0.25, -0.2) is 0 Å². The fourth-order valence-electron chi connectivity index (χ4n) is 2.63. The van der Waals surface area contributed by atoms with E-state index in [0.717, 1.165) is 16.3 Å². The fourth-order valence-corrected chi connectivity index (χ4v) is 2.63. The zero-order valence-corrected chi connectivity index (χ0v) is 14.2. The Bertz CT molecular complexity index is 768. The van der Waals surface area contributed by atoms with Crippen molar-refractivity contribution < 1.29 is 19.1 Å². The Morgan fingerprint density at radius 1 is 1.08 bits per heavy atom. The van der Waals surface area contributed by atoms with Crippen LogP contribution in [0, 0.1) is 0 Å². The minimum absolute atomic E-state index is 0.0284. The number of nitrogens with two attached hydrogens (primary N) is 1. The van der Waals surface area contributed by atoms with Gasteiger partial charge < -0.3 is 15.8 Å². The van der Waals surface area contributed by atoms with Crippen molar-refractivity contribution in [2.45, 2.75) is 32.2 Å². The molecule has 6 nitrogen and oxygen atoms in total. The third-order valence-corrected chi connectivity index (χ3v) is 3.84. The Morgan fingerprint density at radius 2 is 1.80 bits per heavy atom. The minimum Gasteiger partial charge on any atom is -0.466 e. The number of fused-ring (bicyclic) bond motifs is 1. The number of rotatable bonds is 8. The number of nitrogens with one attached hydrogen (secondary N) is 1. The Kier molecular flexibility index (Phi) is 6.51. The molecule has 2 aromatic rings. The summed E-state index contributed by atoms with van der Waals surface area (Å²) in [5, 5.41) is 4.67. The molecule has 0 bridgehead atoms. The topological polar surface area (TPSA) is 98.5 Å². The van der Waals surface area contributed by atoms with Crippen LogP contribution in [0.15, 0.2) is 42.5 Å². The summed E-state index contributed by atoms with van der Waals surface area (Å²) in [5.74, 6) is -1.46. The number of benzene rings is 2. The maximum atomic E-state index is 12.0. The van der Waals surface area contributed by atoms with E-state index in [9.17, 15) is 14.4 Å². The maximum absolute atomic E-state index is 12.0. The van der Waals surface area contributed by atoms with Gasteiger partial charge in [0.2, 0.25) is 11.8 Å². The molecule has 3 N–H and O–H groups in total. The van der Waals surface area contributed by atoms with Gasteiger partial charge in [-0.2, -0.15) is 0 Å². The van der Waals surface area contributed by atoms with Crippen molar-refractivity contribution in [2.24, 2.45) is 5.73 Å². The summed E-state index contributed by atoms with van der Waals surface area (Å²) in [5.41, 5.74) is 6.36. The lowest BCUT2D eigenvalue weighted by atomic mass is 9.98. The standard InChI is InChI=1S/C19H22N2O4/c1-2-25-18(23)11-10-17(22)21-16(19(20)24)12-14-8-5-7-13-6-3-4-9-15(13)14/h3-9,16H,2,10-12H2,1H3,(H2,20,24)(H,21,22)/t16-/m0/s1. The van der Waals surface area contributed by atoms with Crippen LogP contribution < -0.4 is 11.1 Å². The molecule has 0 heterocycles. The predicted molar refractivity (Wildman–Crippen MR) is 94.6 cm³/mol. The number of hydrogen-bond acceptors (Lipinski definition) is 4. The first-order valence-corrected chi connectivity index (χ1v) is 8.22. The molecule has 0 spiro atoms. The van der Waals surface area contributed by atoms with Gasteiger partial charge in [0.15, 0.2) is 0 Å². The molecule has 0 saturated carbocycles. The molecule has 2 rings (SSSR count). The van der Waals surface area contributed by atoms with Crippen LogP contribution in [-0.2, 0) is 25.5 Å². The van der Waals surface area contributed by atoms with Crippen LogP contribution in [0.3, 0.4) is 0 Å². The first-order valence-electron chi connectivity index (χ1n) is 8.22. The third kappa shape index (κ3) is 5.31. The minimum atomic E-state index is -0.833. The van der Waals surface area contributed by atoms with Crippen molar-refractivity contribution in [2.75, 3.05) is 6.61 Å². The number of primary amides is 1. The van der Waals surface area contributed by atoms with Crippen molar-refractivity contribution >= 4 is 28.6 Å². The number of hydrogen-bond donors (Lipinski definition) is 2. The summed E-state index contributed by atoms with van der Waals surface area (Å²) >= 11 is 0. The van der Waals surface area contributed by atoms with E-state index < -0.39 is 23.8 Å². The van der Waals surface area contributed by atoms with E-state index in [-0.39, 0.29) is 19.4 Å². The van der Waals surface area contributed by atoms with Crippen LogP contribution in [0.4, 0.5) is 0 Å². The first-order chi connectivity index (χ1) is 12.0. The lowest BCUT2D eigenvalue weighted by molar-refractivity contribution is -0.144. The fraction of sp³-hybridized carbons (Fsp3) is 0.316. The Labute approximate surface area is 146 Å². The van der Waals surface area contributed by atoms with Gasteiger partial charge in [-0.3, -0.25) is 14.4 Å². The van der Waals surface area contributed by atoms with E-state index in [1.807, 2.05) is 42.5 Å². The largest absolute Gasteiger partial charge is 0.466 e. The summed E-state index contributed by atoms with van der Waals surface area (Å²) in [6.45, 7) is 1.97. The van der Waals surface area contributed by atoms with Crippen molar-refractivity contribution in [1.82, 2.24) is 5.32 Å². The number of esters is 1. The molecule has 0 aliphatic heterocycles. The second-order valence-corrected chi connectivity index (χ2v) is 5.67. The monoisotopic (exact) mass is 342 g/mol. The first kappa shape index (κ1) is 18.4. The van der Waals surface area contributed by atoms with Gasteiger partial charge in [0.05, 0.1) is 13.0 Å². The summed E-state index contributed by atoms with van der Waals surface area (Å²) < 4.78 is 4.78. The van der Waals surface area contributed by atoms with Crippen LogP contribution in [0.25, 0.3) is 10.8 Å². The molecule has 0 radical (unpaired) electrons. The molecule has 0 fully saturated rings. The molecule has 2 aromatic carbocycles. The molecule has 0 unspecified atom stereocenters. The second-order valence-electron chi connectivity index (χ2n) is 5.67. The molecular weight excluding hydrogens is 320 g/mol. The highest BCUT2D eigenvalue weighted by Crippen LogP contribution is 2.19. The Hall–Kier alpha value is -2.89. The Balaban J connectivity index is 2.04. The van der Waals surface area contributed by atoms with Crippen LogP contribution in [0.1, 0.15) is 25.3 Å². The third-order valence-electron chi connectivity index (χ3n) is 3.84. The molecular formula is C19H22N2O4. The highest BCUT2D eigenvalue weighted by molar-refractivity contribution is 5.90. The summed E-state index contributed by atoms with van der Waals surface area (Å²) in [4.78, 5) is 35.0. The summed E-state index contributed by atoms with van der Waals surface area (Å²) in [6, 6.07) is 12.8. The predicted octanol–water partition coefficient (Wildman–Crippen LogP) is 1.70. The van der Waals surface area contributed by atoms with Gasteiger partial charge in [-0.15, -0.1) is 0 Å². The zero-order valence-electron chi connectivity index (χ0n) is 14.2. The zero-order chi connectivity index (χ0) is 18.2. The van der Waals surface area contributed by atoms with E-state index >= 15 is 0 Å². The van der Waals surface area contributed by atoms with Gasteiger partial charge in [0.1, 0.15) is 6.04 Å². The number of ether oxygens (including phenoxy) is 1. The lowest BCUT2D eigenvalue weighted by Gasteiger charge is -2.17. The molecule has 0 saturated heterocycles. The summed E-state index contributed by atoms with van der Waals surface area (Å²) in [6.07, 6.45) is 0.222. The van der Waals surface area contributed by atoms with Gasteiger partial charge in [-0.1, -0.05) is 42.5 Å². The van der Waals surface area contributed by atoms with E-state index in [4.69, 9.17) is 10.5 Å². The van der Waals surface area contributed by atoms with Crippen molar-refractivity contribution in [3.05, 3.63) is 48.0 Å². The van der Waals surface area contributed by atoms with Crippen LogP contribution in [0.5, 0.6) is 0 Å². The van der Waals surface area contributed by atoms with Gasteiger partial charge in [-0.05, 0) is 23.3 Å². The number of carbonyl (C=O) groups excluding carboxylic acids is 3. The van der Waals surface area contributed by atoms with Crippen LogP contribution in [0.2, 0.25) is 0 Å². The van der Waals surface area contributed by atoms with Gasteiger partial charge in [0.25, 0.3) is 0 Å². The highest BCUT2D eigenvalue weighted by Gasteiger charge is 2.20.